The average molecular weight is 173 g/mol. The van der Waals surface area contributed by atoms with Crippen LogP contribution in [0.1, 0.15) is 27.2 Å². The van der Waals surface area contributed by atoms with Gasteiger partial charge in [0.15, 0.2) is 0 Å². The molecule has 0 aromatic rings. The molecule has 0 unspecified atom stereocenters. The largest absolute Gasteiger partial charge is 0.462 e. The number of esters is 1. The number of likely N-dealkylation sites (N-methyl/N-ethyl adjacent to an activating group) is 1. The lowest BCUT2D eigenvalue weighted by Gasteiger charge is -2.15. The summed E-state index contributed by atoms with van der Waals surface area (Å²) < 4.78 is 4.99. The molecule has 0 N–H and O–H groups in total. The third-order valence-electron chi connectivity index (χ3n) is 1.37. The van der Waals surface area contributed by atoms with Crippen LogP contribution < -0.4 is 0 Å². The van der Waals surface area contributed by atoms with Crippen LogP contribution >= 0.6 is 0 Å². The van der Waals surface area contributed by atoms with Crippen molar-refractivity contribution in [1.29, 1.82) is 0 Å². The Morgan fingerprint density at radius 2 is 2.08 bits per heavy atom. The van der Waals surface area contributed by atoms with Crippen LogP contribution in [0.2, 0.25) is 0 Å². The van der Waals surface area contributed by atoms with Crippen molar-refractivity contribution in [2.24, 2.45) is 0 Å². The molecule has 0 atom stereocenters. The van der Waals surface area contributed by atoms with E-state index < -0.39 is 0 Å². The van der Waals surface area contributed by atoms with Crippen molar-refractivity contribution in [2.75, 3.05) is 20.1 Å². The topological polar surface area (TPSA) is 29.5 Å². The van der Waals surface area contributed by atoms with Crippen LogP contribution in [0.4, 0.5) is 0 Å². The lowest BCUT2D eigenvalue weighted by atomic mass is 10.4. The summed E-state index contributed by atoms with van der Waals surface area (Å²) >= 11 is 0. The normalized spacial score (nSPS) is 10.8. The summed E-state index contributed by atoms with van der Waals surface area (Å²) in [5, 5.41) is 0. The maximum atomic E-state index is 11.1. The predicted octanol–water partition coefficient (Wildman–Crippen LogP) is 1.28. The maximum absolute atomic E-state index is 11.1. The van der Waals surface area contributed by atoms with Gasteiger partial charge in [-0.2, -0.15) is 0 Å². The third-order valence-corrected chi connectivity index (χ3v) is 1.37. The van der Waals surface area contributed by atoms with Crippen LogP contribution in [0.3, 0.4) is 0 Å². The molecule has 12 heavy (non-hydrogen) atoms. The summed E-state index contributed by atoms with van der Waals surface area (Å²) in [6, 6.07) is 0. The fourth-order valence-electron chi connectivity index (χ4n) is 0.981. The monoisotopic (exact) mass is 173 g/mol. The first kappa shape index (κ1) is 11.4. The van der Waals surface area contributed by atoms with Gasteiger partial charge < -0.3 is 4.74 Å². The van der Waals surface area contributed by atoms with Crippen LogP contribution in [-0.4, -0.2) is 37.1 Å². The molecule has 0 aromatic heterocycles. The van der Waals surface area contributed by atoms with Gasteiger partial charge in [0.25, 0.3) is 0 Å². The van der Waals surface area contributed by atoms with E-state index in [1.54, 1.807) is 0 Å². The van der Waals surface area contributed by atoms with Crippen molar-refractivity contribution in [3.8, 4) is 0 Å². The molecule has 0 bridgehead atoms. The van der Waals surface area contributed by atoms with Gasteiger partial charge in [-0.25, -0.2) is 0 Å². The number of hydrogen-bond donors (Lipinski definition) is 0. The summed E-state index contributed by atoms with van der Waals surface area (Å²) in [4.78, 5) is 13.0. The number of rotatable bonds is 5. The number of nitrogens with zero attached hydrogens (tertiary/aromatic N) is 1. The van der Waals surface area contributed by atoms with Crippen LogP contribution in [0.5, 0.6) is 0 Å². The van der Waals surface area contributed by atoms with Gasteiger partial charge in [0, 0.05) is 0 Å². The van der Waals surface area contributed by atoms with E-state index in [1.807, 2.05) is 25.8 Å². The van der Waals surface area contributed by atoms with E-state index in [2.05, 4.69) is 6.92 Å². The minimum Gasteiger partial charge on any atom is -0.462 e. The standard InChI is InChI=1S/C9H19NO2/c1-5-6-10(4)7-9(11)12-8(2)3/h8H,5-7H2,1-4H3. The minimum atomic E-state index is -0.138. The summed E-state index contributed by atoms with van der Waals surface area (Å²) in [5.41, 5.74) is 0. The zero-order chi connectivity index (χ0) is 9.56. The Hall–Kier alpha value is -0.570. The van der Waals surface area contributed by atoms with Gasteiger partial charge in [0.05, 0.1) is 12.6 Å². The predicted molar refractivity (Wildman–Crippen MR) is 49.0 cm³/mol. The molecule has 0 spiro atoms. The highest BCUT2D eigenvalue weighted by Crippen LogP contribution is 1.92. The summed E-state index contributed by atoms with van der Waals surface area (Å²) in [5.74, 6) is -0.138. The Kier molecular flexibility index (Phi) is 5.72. The molecule has 0 saturated heterocycles. The number of hydrogen-bond acceptors (Lipinski definition) is 3. The molecule has 0 radical (unpaired) electrons. The SMILES string of the molecule is CCCN(C)CC(=O)OC(C)C. The van der Waals surface area contributed by atoms with Crippen molar-refractivity contribution in [1.82, 2.24) is 4.90 Å². The number of carbonyl (C=O) groups excluding carboxylic acids is 1. The highest BCUT2D eigenvalue weighted by molar-refractivity contribution is 5.71. The van der Waals surface area contributed by atoms with Crippen molar-refractivity contribution in [3.63, 3.8) is 0 Å². The molecule has 0 rings (SSSR count). The number of ether oxygens (including phenoxy) is 1. The van der Waals surface area contributed by atoms with E-state index in [4.69, 9.17) is 4.74 Å². The smallest absolute Gasteiger partial charge is 0.320 e. The second-order valence-corrected chi connectivity index (χ2v) is 3.28. The van der Waals surface area contributed by atoms with Gasteiger partial charge in [-0.3, -0.25) is 9.69 Å². The zero-order valence-electron chi connectivity index (χ0n) is 8.46. The van der Waals surface area contributed by atoms with Crippen LogP contribution in [-0.2, 0) is 9.53 Å². The molecule has 0 saturated carbocycles. The second-order valence-electron chi connectivity index (χ2n) is 3.28. The molecule has 3 heteroatoms. The van der Waals surface area contributed by atoms with Crippen molar-refractivity contribution < 1.29 is 9.53 Å². The van der Waals surface area contributed by atoms with E-state index in [-0.39, 0.29) is 12.1 Å². The second kappa shape index (κ2) is 6.00. The fraction of sp³-hybridized carbons (Fsp3) is 0.889. The summed E-state index contributed by atoms with van der Waals surface area (Å²) in [6.45, 7) is 7.14. The molecule has 0 aliphatic rings. The number of carbonyl (C=O) groups is 1. The van der Waals surface area contributed by atoms with Gasteiger partial charge in [0.1, 0.15) is 0 Å². The molecule has 0 aliphatic heterocycles. The first-order chi connectivity index (χ1) is 5.56. The first-order valence-electron chi connectivity index (χ1n) is 4.44. The van der Waals surface area contributed by atoms with Gasteiger partial charge in [-0.05, 0) is 33.9 Å². The Morgan fingerprint density at radius 3 is 2.50 bits per heavy atom. The van der Waals surface area contributed by atoms with E-state index in [0.717, 1.165) is 13.0 Å². The highest BCUT2D eigenvalue weighted by atomic mass is 16.5. The Bertz CT molecular complexity index is 134. The molecule has 72 valence electrons. The highest BCUT2D eigenvalue weighted by Gasteiger charge is 2.07. The van der Waals surface area contributed by atoms with Gasteiger partial charge in [-0.15, -0.1) is 0 Å². The van der Waals surface area contributed by atoms with Crippen LogP contribution in [0.15, 0.2) is 0 Å². The minimum absolute atomic E-state index is 0.00692. The Labute approximate surface area is 74.7 Å². The quantitative estimate of drug-likeness (QED) is 0.586. The maximum Gasteiger partial charge on any atom is 0.320 e. The zero-order valence-corrected chi connectivity index (χ0v) is 8.46. The molecule has 3 nitrogen and oxygen atoms in total. The van der Waals surface area contributed by atoms with E-state index >= 15 is 0 Å². The summed E-state index contributed by atoms with van der Waals surface area (Å²) in [7, 11) is 1.92. The van der Waals surface area contributed by atoms with E-state index in [0.29, 0.717) is 6.54 Å². The molecular formula is C9H19NO2. The lowest BCUT2D eigenvalue weighted by molar-refractivity contribution is -0.148. The van der Waals surface area contributed by atoms with Crippen molar-refractivity contribution >= 4 is 5.97 Å². The molecule has 0 aliphatic carbocycles. The Balaban J connectivity index is 3.54. The van der Waals surface area contributed by atoms with Crippen LogP contribution in [0, 0.1) is 0 Å². The average Bonchev–Trinajstić information content (AvgIpc) is 1.84. The summed E-state index contributed by atoms with van der Waals surface area (Å²) in [6.07, 6.45) is 1.05. The Morgan fingerprint density at radius 1 is 1.50 bits per heavy atom. The van der Waals surface area contributed by atoms with E-state index in [1.165, 1.54) is 0 Å². The molecule has 0 amide bonds. The molecule has 0 aromatic carbocycles. The van der Waals surface area contributed by atoms with Gasteiger partial charge in [0.2, 0.25) is 0 Å². The van der Waals surface area contributed by atoms with Crippen molar-refractivity contribution in [3.05, 3.63) is 0 Å². The molecule has 0 heterocycles. The molecular weight excluding hydrogens is 154 g/mol. The molecule has 0 fully saturated rings. The van der Waals surface area contributed by atoms with Gasteiger partial charge in [-0.1, -0.05) is 6.92 Å². The lowest BCUT2D eigenvalue weighted by Crippen LogP contribution is -2.29. The van der Waals surface area contributed by atoms with Crippen LogP contribution in [0.25, 0.3) is 0 Å². The first-order valence-corrected chi connectivity index (χ1v) is 4.44. The van der Waals surface area contributed by atoms with E-state index in [9.17, 15) is 4.79 Å². The fourth-order valence-corrected chi connectivity index (χ4v) is 0.981. The van der Waals surface area contributed by atoms with Crippen molar-refractivity contribution in [2.45, 2.75) is 33.3 Å². The third kappa shape index (κ3) is 6.16. The van der Waals surface area contributed by atoms with Gasteiger partial charge >= 0.3 is 5.97 Å².